The summed E-state index contributed by atoms with van der Waals surface area (Å²) in [4.78, 5) is 36.3. The molecule has 1 aliphatic rings. The lowest BCUT2D eigenvalue weighted by Gasteiger charge is -2.13. The summed E-state index contributed by atoms with van der Waals surface area (Å²) in [6, 6.07) is 14.9. The largest absolute Gasteiger partial charge is 0.481 e. The molecule has 2 aromatic carbocycles. The third-order valence-corrected chi connectivity index (χ3v) is 5.90. The summed E-state index contributed by atoms with van der Waals surface area (Å²) in [5, 5.41) is 17.9. The predicted octanol–water partition coefficient (Wildman–Crippen LogP) is 4.05. The average molecular weight is 442 g/mol. The summed E-state index contributed by atoms with van der Waals surface area (Å²) in [5.41, 5.74) is 3.31. The molecule has 0 atom stereocenters. The molecular formula is C22H19NO5S2. The third kappa shape index (κ3) is 5.34. The SMILES string of the molecule is O=C(O)CCCN1C(=O)C(=Cc2ccc(-c3ccccc3CC(=O)O)cc2)SC1=S. The van der Waals surface area contributed by atoms with Crippen LogP contribution in [0.15, 0.2) is 53.4 Å². The van der Waals surface area contributed by atoms with Crippen molar-refractivity contribution in [2.24, 2.45) is 0 Å². The van der Waals surface area contributed by atoms with Crippen molar-refractivity contribution in [3.05, 3.63) is 64.6 Å². The number of amides is 1. The molecule has 6 nitrogen and oxygen atoms in total. The molecule has 30 heavy (non-hydrogen) atoms. The van der Waals surface area contributed by atoms with Crippen molar-refractivity contribution >= 4 is 52.2 Å². The molecule has 3 rings (SSSR count). The summed E-state index contributed by atoms with van der Waals surface area (Å²) in [7, 11) is 0. The molecule has 0 unspecified atom stereocenters. The number of carboxylic acids is 2. The molecule has 1 saturated heterocycles. The molecule has 1 fully saturated rings. The fourth-order valence-corrected chi connectivity index (χ4v) is 4.42. The number of aliphatic carboxylic acids is 2. The molecule has 0 radical (unpaired) electrons. The molecule has 1 heterocycles. The smallest absolute Gasteiger partial charge is 0.307 e. The summed E-state index contributed by atoms with van der Waals surface area (Å²) < 4.78 is 0.427. The van der Waals surface area contributed by atoms with E-state index in [0.29, 0.717) is 15.6 Å². The van der Waals surface area contributed by atoms with E-state index in [1.807, 2.05) is 42.5 Å². The Morgan fingerprint density at radius 3 is 2.40 bits per heavy atom. The molecule has 0 aromatic heterocycles. The fourth-order valence-electron chi connectivity index (χ4n) is 3.11. The predicted molar refractivity (Wildman–Crippen MR) is 120 cm³/mol. The highest BCUT2D eigenvalue weighted by atomic mass is 32.2. The number of carbonyl (C=O) groups is 3. The van der Waals surface area contributed by atoms with Crippen LogP contribution < -0.4 is 0 Å². The van der Waals surface area contributed by atoms with E-state index in [-0.39, 0.29) is 25.3 Å². The molecule has 0 bridgehead atoms. The maximum Gasteiger partial charge on any atom is 0.307 e. The lowest BCUT2D eigenvalue weighted by atomic mass is 9.97. The molecule has 1 amide bonds. The normalized spacial score (nSPS) is 15.1. The first-order valence-corrected chi connectivity index (χ1v) is 10.4. The molecule has 0 saturated carbocycles. The Labute approximate surface area is 183 Å². The van der Waals surface area contributed by atoms with E-state index in [4.69, 9.17) is 22.4 Å². The maximum atomic E-state index is 12.6. The lowest BCUT2D eigenvalue weighted by molar-refractivity contribution is -0.137. The molecule has 2 aromatic rings. The van der Waals surface area contributed by atoms with Crippen LogP contribution in [0.25, 0.3) is 17.2 Å². The summed E-state index contributed by atoms with van der Waals surface area (Å²) in [5.74, 6) is -2.00. The number of thiocarbonyl (C=S) groups is 1. The van der Waals surface area contributed by atoms with Crippen LogP contribution in [0.2, 0.25) is 0 Å². The minimum atomic E-state index is -0.902. The minimum Gasteiger partial charge on any atom is -0.481 e. The van der Waals surface area contributed by atoms with Gasteiger partial charge < -0.3 is 10.2 Å². The van der Waals surface area contributed by atoms with Crippen molar-refractivity contribution in [2.75, 3.05) is 6.54 Å². The van der Waals surface area contributed by atoms with Crippen LogP contribution in [0.1, 0.15) is 24.0 Å². The Balaban J connectivity index is 1.75. The van der Waals surface area contributed by atoms with E-state index in [1.165, 1.54) is 16.7 Å². The van der Waals surface area contributed by atoms with Gasteiger partial charge in [0, 0.05) is 13.0 Å². The van der Waals surface area contributed by atoms with E-state index < -0.39 is 11.9 Å². The van der Waals surface area contributed by atoms with Crippen LogP contribution in [0, 0.1) is 0 Å². The van der Waals surface area contributed by atoms with Crippen molar-refractivity contribution < 1.29 is 24.6 Å². The average Bonchev–Trinajstić information content (AvgIpc) is 2.96. The quantitative estimate of drug-likeness (QED) is 0.471. The number of benzene rings is 2. The fraction of sp³-hybridized carbons (Fsp3) is 0.182. The molecule has 8 heteroatoms. The Bertz CT molecular complexity index is 1030. The molecule has 154 valence electrons. The number of hydrogen-bond acceptors (Lipinski definition) is 5. The molecule has 1 aliphatic heterocycles. The van der Waals surface area contributed by atoms with E-state index in [9.17, 15) is 14.4 Å². The van der Waals surface area contributed by atoms with E-state index in [1.54, 1.807) is 12.1 Å². The Kier molecular flexibility index (Phi) is 7.02. The zero-order chi connectivity index (χ0) is 21.7. The number of carbonyl (C=O) groups excluding carboxylic acids is 1. The zero-order valence-electron chi connectivity index (χ0n) is 15.9. The lowest BCUT2D eigenvalue weighted by Crippen LogP contribution is -2.29. The van der Waals surface area contributed by atoms with Crippen LogP contribution in [-0.4, -0.2) is 43.8 Å². The van der Waals surface area contributed by atoms with E-state index in [0.717, 1.165) is 22.3 Å². The van der Waals surface area contributed by atoms with Gasteiger partial charge in [-0.1, -0.05) is 72.5 Å². The van der Waals surface area contributed by atoms with Gasteiger partial charge in [0.25, 0.3) is 5.91 Å². The van der Waals surface area contributed by atoms with E-state index >= 15 is 0 Å². The standard InChI is InChI=1S/C22H19NO5S2/c24-19(25)6-3-11-23-21(28)18(30-22(23)29)12-14-7-9-15(10-8-14)17-5-2-1-4-16(17)13-20(26)27/h1-2,4-5,7-10,12H,3,6,11,13H2,(H,24,25)(H,26,27). The first-order valence-electron chi connectivity index (χ1n) is 9.22. The second-order valence-corrected chi connectivity index (χ2v) is 8.36. The van der Waals surface area contributed by atoms with Gasteiger partial charge in [0.15, 0.2) is 0 Å². The summed E-state index contributed by atoms with van der Waals surface area (Å²) in [6.45, 7) is 0.285. The first kappa shape index (κ1) is 21.7. The summed E-state index contributed by atoms with van der Waals surface area (Å²) >= 11 is 6.46. The van der Waals surface area contributed by atoms with E-state index in [2.05, 4.69) is 0 Å². The van der Waals surface area contributed by atoms with Crippen LogP contribution >= 0.6 is 24.0 Å². The second-order valence-electron chi connectivity index (χ2n) is 6.68. The molecule has 2 N–H and O–H groups in total. The molecule has 0 aliphatic carbocycles. The monoisotopic (exact) mass is 441 g/mol. The van der Waals surface area contributed by atoms with Gasteiger partial charge in [0.1, 0.15) is 4.32 Å². The van der Waals surface area contributed by atoms with Gasteiger partial charge in [-0.05, 0) is 34.8 Å². The number of thioether (sulfide) groups is 1. The van der Waals surface area contributed by atoms with Crippen molar-refractivity contribution in [1.29, 1.82) is 0 Å². The van der Waals surface area contributed by atoms with Crippen molar-refractivity contribution in [3.63, 3.8) is 0 Å². The van der Waals surface area contributed by atoms with Crippen molar-refractivity contribution in [3.8, 4) is 11.1 Å². The topological polar surface area (TPSA) is 94.9 Å². The number of carboxylic acid groups (broad SMARTS) is 2. The highest BCUT2D eigenvalue weighted by Gasteiger charge is 2.31. The van der Waals surface area contributed by atoms with Gasteiger partial charge in [-0.3, -0.25) is 19.3 Å². The molecular weight excluding hydrogens is 422 g/mol. The number of hydrogen-bond donors (Lipinski definition) is 2. The second kappa shape index (κ2) is 9.69. The molecule has 0 spiro atoms. The number of rotatable bonds is 8. The van der Waals surface area contributed by atoms with Crippen LogP contribution in [0.4, 0.5) is 0 Å². The van der Waals surface area contributed by atoms with Crippen LogP contribution in [0.5, 0.6) is 0 Å². The summed E-state index contributed by atoms with van der Waals surface area (Å²) in [6.07, 6.45) is 2.03. The highest BCUT2D eigenvalue weighted by molar-refractivity contribution is 8.26. The van der Waals surface area contributed by atoms with Gasteiger partial charge in [0.2, 0.25) is 0 Å². The van der Waals surface area contributed by atoms with Crippen molar-refractivity contribution in [2.45, 2.75) is 19.3 Å². The third-order valence-electron chi connectivity index (χ3n) is 4.52. The van der Waals surface area contributed by atoms with Crippen LogP contribution in [-0.2, 0) is 20.8 Å². The van der Waals surface area contributed by atoms with Gasteiger partial charge in [0.05, 0.1) is 11.3 Å². The van der Waals surface area contributed by atoms with Crippen LogP contribution in [0.3, 0.4) is 0 Å². The van der Waals surface area contributed by atoms with Gasteiger partial charge in [-0.25, -0.2) is 0 Å². The zero-order valence-corrected chi connectivity index (χ0v) is 17.5. The van der Waals surface area contributed by atoms with Crippen molar-refractivity contribution in [1.82, 2.24) is 4.90 Å². The first-order chi connectivity index (χ1) is 14.3. The van der Waals surface area contributed by atoms with Gasteiger partial charge >= 0.3 is 11.9 Å². The number of nitrogens with zero attached hydrogens (tertiary/aromatic N) is 1. The maximum absolute atomic E-state index is 12.6. The minimum absolute atomic E-state index is 0.0130. The van der Waals surface area contributed by atoms with Gasteiger partial charge in [-0.15, -0.1) is 0 Å². The Hall–Kier alpha value is -2.97. The van der Waals surface area contributed by atoms with Gasteiger partial charge in [-0.2, -0.15) is 0 Å². The highest BCUT2D eigenvalue weighted by Crippen LogP contribution is 2.33. The Morgan fingerprint density at radius 2 is 1.73 bits per heavy atom. The Morgan fingerprint density at radius 1 is 1.03 bits per heavy atom.